The fraction of sp³-hybridized carbons (Fsp3) is 0.700. The molecule has 0 fully saturated rings. The predicted molar refractivity (Wildman–Crippen MR) is 83.9 cm³/mol. The lowest BCUT2D eigenvalue weighted by molar-refractivity contribution is 0.293. The average Bonchev–Trinajstić information content (AvgIpc) is 2.51. The molecule has 21 heavy (non-hydrogen) atoms. The molecule has 0 aliphatic carbocycles. The molecule has 0 aliphatic heterocycles. The van der Waals surface area contributed by atoms with Crippen LogP contribution in [0.25, 0.3) is 0 Å². The molecule has 122 valence electrons. The molecule has 1 aromatic rings. The Kier molecular flexibility index (Phi) is 6.20. The zero-order valence-electron chi connectivity index (χ0n) is 12.4. The highest BCUT2D eigenvalue weighted by molar-refractivity contribution is 8.55. The number of sulfone groups is 1. The Morgan fingerprint density at radius 3 is 2.43 bits per heavy atom. The molecular weight excluding hydrogens is 359 g/mol. The Morgan fingerprint density at radius 2 is 2.05 bits per heavy atom. The molecule has 0 N–H and O–H groups in total. The Bertz CT molecular complexity index is 659. The minimum absolute atomic E-state index is 0.0146. The van der Waals surface area contributed by atoms with E-state index in [2.05, 4.69) is 5.10 Å². The maximum absolute atomic E-state index is 12.6. The van der Waals surface area contributed by atoms with E-state index in [9.17, 15) is 13.0 Å². The molecule has 0 amide bonds. The zero-order chi connectivity index (χ0) is 16.4. The second kappa shape index (κ2) is 6.91. The van der Waals surface area contributed by atoms with Gasteiger partial charge in [-0.15, -0.1) is 5.10 Å². The number of nitrogens with zero attached hydrogens (tertiary/aromatic N) is 2. The maximum atomic E-state index is 12.6. The first-order valence-electron chi connectivity index (χ1n) is 6.05. The molecule has 0 saturated heterocycles. The van der Waals surface area contributed by atoms with Gasteiger partial charge in [0.25, 0.3) is 5.88 Å². The molecule has 1 aromatic heterocycles. The average molecular weight is 377 g/mol. The van der Waals surface area contributed by atoms with Gasteiger partial charge in [0, 0.05) is 18.6 Å². The van der Waals surface area contributed by atoms with Crippen LogP contribution in [-0.2, 0) is 26.0 Å². The third-order valence-electron chi connectivity index (χ3n) is 2.09. The molecule has 1 heterocycles. The number of aromatic nitrogens is 2. The van der Waals surface area contributed by atoms with E-state index in [0.29, 0.717) is 0 Å². The van der Waals surface area contributed by atoms with Crippen molar-refractivity contribution in [2.24, 2.45) is 7.05 Å². The highest BCUT2D eigenvalue weighted by atomic mass is 35.5. The van der Waals surface area contributed by atoms with Crippen LogP contribution in [0.15, 0.2) is 5.03 Å². The van der Waals surface area contributed by atoms with E-state index in [1.54, 1.807) is 6.92 Å². The lowest BCUT2D eigenvalue weighted by Gasteiger charge is -2.17. The van der Waals surface area contributed by atoms with Crippen molar-refractivity contribution in [1.29, 1.82) is 0 Å². The molecule has 0 bridgehead atoms. The molecule has 0 spiro atoms. The van der Waals surface area contributed by atoms with Gasteiger partial charge < -0.3 is 4.52 Å². The van der Waals surface area contributed by atoms with E-state index < -0.39 is 16.6 Å². The van der Waals surface area contributed by atoms with Gasteiger partial charge in [0.15, 0.2) is 14.9 Å². The van der Waals surface area contributed by atoms with Gasteiger partial charge in [-0.1, -0.05) is 25.4 Å². The summed E-state index contributed by atoms with van der Waals surface area (Å²) in [6.07, 6.45) is 1.00. The van der Waals surface area contributed by atoms with E-state index in [1.807, 2.05) is 13.8 Å². The van der Waals surface area contributed by atoms with Crippen molar-refractivity contribution in [2.45, 2.75) is 31.0 Å². The monoisotopic (exact) mass is 376 g/mol. The third-order valence-corrected chi connectivity index (χ3v) is 7.94. The summed E-state index contributed by atoms with van der Waals surface area (Å²) in [5, 5.41) is 3.45. The normalized spacial score (nSPS) is 15.2. The van der Waals surface area contributed by atoms with Gasteiger partial charge in [-0.25, -0.2) is 13.0 Å². The highest BCUT2D eigenvalue weighted by Crippen LogP contribution is 2.62. The van der Waals surface area contributed by atoms with Gasteiger partial charge >= 0.3 is 6.80 Å². The second-order valence-electron chi connectivity index (χ2n) is 4.43. The van der Waals surface area contributed by atoms with Gasteiger partial charge in [-0.05, 0) is 18.3 Å². The number of halogens is 1. The molecule has 1 rings (SSSR count). The third kappa shape index (κ3) is 4.89. The lowest BCUT2D eigenvalue weighted by Crippen LogP contribution is -2.05. The molecule has 0 aromatic carbocycles. The van der Waals surface area contributed by atoms with Crippen LogP contribution in [0, 0.1) is 0 Å². The summed E-state index contributed by atoms with van der Waals surface area (Å²) in [6, 6.07) is 0. The molecule has 1 atom stereocenters. The molecule has 11 heteroatoms. The van der Waals surface area contributed by atoms with Crippen molar-refractivity contribution in [3.63, 3.8) is 0 Å². The largest absolute Gasteiger partial charge is 0.441 e. The van der Waals surface area contributed by atoms with Crippen LogP contribution in [-0.4, -0.2) is 36.3 Å². The molecule has 0 aliphatic rings. The Balaban J connectivity index is 3.21. The summed E-state index contributed by atoms with van der Waals surface area (Å²) in [5.74, 6) is -0.218. The summed E-state index contributed by atoms with van der Waals surface area (Å²) < 4.78 is 47.4. The highest BCUT2D eigenvalue weighted by Gasteiger charge is 2.33. The predicted octanol–water partition coefficient (Wildman–Crippen LogP) is 3.14. The van der Waals surface area contributed by atoms with E-state index in [1.165, 1.54) is 7.05 Å². The summed E-state index contributed by atoms with van der Waals surface area (Å²) in [5.41, 5.74) is 0. The van der Waals surface area contributed by atoms with Gasteiger partial charge in [-0.3, -0.25) is 9.21 Å². The van der Waals surface area contributed by atoms with Crippen LogP contribution in [0.1, 0.15) is 20.8 Å². The summed E-state index contributed by atoms with van der Waals surface area (Å²) >= 11 is 6.99. The van der Waals surface area contributed by atoms with Crippen molar-refractivity contribution in [1.82, 2.24) is 9.78 Å². The van der Waals surface area contributed by atoms with Gasteiger partial charge in [0.1, 0.15) is 5.02 Å². The maximum Gasteiger partial charge on any atom is 0.441 e. The first-order chi connectivity index (χ1) is 9.50. The van der Waals surface area contributed by atoms with Crippen molar-refractivity contribution < 1.29 is 22.0 Å². The summed E-state index contributed by atoms with van der Waals surface area (Å²) in [7, 11) is -2.17. The van der Waals surface area contributed by atoms with Crippen LogP contribution >= 0.6 is 29.8 Å². The first-order valence-corrected chi connectivity index (χ1v) is 11.3. The van der Waals surface area contributed by atoms with Crippen molar-refractivity contribution in [3.8, 4) is 5.88 Å². The van der Waals surface area contributed by atoms with Crippen molar-refractivity contribution >= 4 is 39.6 Å². The molecule has 0 radical (unpaired) electrons. The van der Waals surface area contributed by atoms with Crippen LogP contribution in [0.5, 0.6) is 5.88 Å². The number of hydrogen-bond donors (Lipinski definition) is 0. The van der Waals surface area contributed by atoms with Crippen LogP contribution in [0.2, 0.25) is 5.02 Å². The van der Waals surface area contributed by atoms with E-state index >= 15 is 0 Å². The first kappa shape index (κ1) is 18.8. The lowest BCUT2D eigenvalue weighted by atomic mass is 10.6. The molecule has 1 unspecified atom stereocenters. The van der Waals surface area contributed by atoms with Gasteiger partial charge in [0.05, 0.1) is 6.61 Å². The zero-order valence-corrected chi connectivity index (χ0v) is 15.6. The van der Waals surface area contributed by atoms with Gasteiger partial charge in [-0.2, -0.15) is 0 Å². The van der Waals surface area contributed by atoms with E-state index in [0.717, 1.165) is 22.3 Å². The smallest absolute Gasteiger partial charge is 0.395 e. The minimum atomic E-state index is -3.58. The second-order valence-corrected chi connectivity index (χ2v) is 11.2. The summed E-state index contributed by atoms with van der Waals surface area (Å²) in [4.78, 5) is 0. The van der Waals surface area contributed by atoms with Crippen molar-refractivity contribution in [3.05, 3.63) is 5.02 Å². The number of hydrogen-bond acceptors (Lipinski definition) is 7. The topological polar surface area (TPSA) is 87.5 Å². The molecule has 7 nitrogen and oxygen atoms in total. The quantitative estimate of drug-likeness (QED) is 0.675. The van der Waals surface area contributed by atoms with Crippen LogP contribution in [0.3, 0.4) is 0 Å². The van der Waals surface area contributed by atoms with Gasteiger partial charge in [0.2, 0.25) is 0 Å². The fourth-order valence-electron chi connectivity index (χ4n) is 1.52. The molecule has 0 saturated carbocycles. The molecular formula is C10H18ClN2O5PS2. The van der Waals surface area contributed by atoms with E-state index in [-0.39, 0.29) is 27.8 Å². The Morgan fingerprint density at radius 1 is 1.48 bits per heavy atom. The summed E-state index contributed by atoms with van der Waals surface area (Å²) in [6.45, 7) is 2.01. The van der Waals surface area contributed by atoms with E-state index in [4.69, 9.17) is 20.6 Å². The number of aryl methyl sites for hydroxylation is 1. The fourth-order valence-corrected chi connectivity index (χ4v) is 6.84. The Hall–Kier alpha value is -0.210. The standard InChI is InChI=1S/C10H18ClN2O5PS2/c1-6-17-19(14,20-7(2)3)18-9-8(11)10(13(4)12-9)21(5,15)16/h7H,6H2,1-5H3. The Labute approximate surface area is 133 Å². The number of rotatable bonds is 7. The van der Waals surface area contributed by atoms with Crippen LogP contribution in [0.4, 0.5) is 0 Å². The van der Waals surface area contributed by atoms with Crippen LogP contribution < -0.4 is 4.52 Å². The van der Waals surface area contributed by atoms with Crippen molar-refractivity contribution in [2.75, 3.05) is 12.9 Å². The SMILES string of the molecule is CCOP(=O)(Oc1nn(C)c(S(C)(=O)=O)c1Cl)SC(C)C. The minimum Gasteiger partial charge on any atom is -0.395 e.